The molecule has 0 saturated heterocycles. The molecule has 0 aliphatic carbocycles. The summed E-state index contributed by atoms with van der Waals surface area (Å²) < 4.78 is 5.92. The first-order chi connectivity index (χ1) is 17.2. The third-order valence-corrected chi connectivity index (χ3v) is 5.99. The molecule has 36 heavy (non-hydrogen) atoms. The standard InChI is InChI=1S/C31H38N2O3/c1-22(2)19-32-31(35)29(18-26-9-7-6-8-10-26)33(20-27-13-11-23(3)12-14-27)30(34)21-36-28-16-24(4)15-25(5)17-28/h6-17,22,29H,18-21H2,1-5H3,(H,32,35)/t29-/m0/s1. The van der Waals surface area contributed by atoms with Crippen molar-refractivity contribution >= 4 is 11.8 Å². The van der Waals surface area contributed by atoms with E-state index in [1.807, 2.05) is 87.5 Å². The van der Waals surface area contributed by atoms with Gasteiger partial charge >= 0.3 is 0 Å². The molecule has 0 unspecified atom stereocenters. The van der Waals surface area contributed by atoms with Crippen molar-refractivity contribution < 1.29 is 14.3 Å². The molecule has 0 spiro atoms. The Labute approximate surface area is 215 Å². The Morgan fingerprint density at radius 2 is 1.47 bits per heavy atom. The number of nitrogens with one attached hydrogen (secondary N) is 1. The first-order valence-corrected chi connectivity index (χ1v) is 12.6. The van der Waals surface area contributed by atoms with Crippen molar-refractivity contribution in [3.05, 3.63) is 101 Å². The number of ether oxygens (including phenoxy) is 1. The summed E-state index contributed by atoms with van der Waals surface area (Å²) in [5, 5.41) is 3.05. The monoisotopic (exact) mass is 486 g/mol. The van der Waals surface area contributed by atoms with Gasteiger partial charge in [-0.3, -0.25) is 9.59 Å². The van der Waals surface area contributed by atoms with Gasteiger partial charge in [-0.1, -0.05) is 80.1 Å². The highest BCUT2D eigenvalue weighted by Gasteiger charge is 2.30. The van der Waals surface area contributed by atoms with Crippen molar-refractivity contribution in [2.24, 2.45) is 5.92 Å². The van der Waals surface area contributed by atoms with Crippen LogP contribution < -0.4 is 10.1 Å². The first kappa shape index (κ1) is 27.0. The van der Waals surface area contributed by atoms with E-state index in [0.717, 1.165) is 27.8 Å². The summed E-state index contributed by atoms with van der Waals surface area (Å²) in [6.45, 7) is 10.9. The molecule has 3 rings (SSSR count). The highest BCUT2D eigenvalue weighted by atomic mass is 16.5. The topological polar surface area (TPSA) is 58.6 Å². The molecule has 0 fully saturated rings. The number of aryl methyl sites for hydroxylation is 3. The fourth-order valence-electron chi connectivity index (χ4n) is 4.11. The van der Waals surface area contributed by atoms with E-state index in [4.69, 9.17) is 4.74 Å². The van der Waals surface area contributed by atoms with Gasteiger partial charge in [0, 0.05) is 19.5 Å². The zero-order valence-corrected chi connectivity index (χ0v) is 22.1. The highest BCUT2D eigenvalue weighted by molar-refractivity contribution is 5.88. The van der Waals surface area contributed by atoms with E-state index in [0.29, 0.717) is 31.2 Å². The molecule has 3 aromatic carbocycles. The predicted molar refractivity (Wildman–Crippen MR) is 145 cm³/mol. The van der Waals surface area contributed by atoms with Gasteiger partial charge in [0.05, 0.1) is 0 Å². The summed E-state index contributed by atoms with van der Waals surface area (Å²) in [7, 11) is 0. The van der Waals surface area contributed by atoms with Gasteiger partial charge in [0.25, 0.3) is 5.91 Å². The third-order valence-electron chi connectivity index (χ3n) is 5.99. The molecular formula is C31H38N2O3. The maximum atomic E-state index is 13.7. The Balaban J connectivity index is 1.90. The highest BCUT2D eigenvalue weighted by Crippen LogP contribution is 2.19. The van der Waals surface area contributed by atoms with Crippen LogP contribution in [0.5, 0.6) is 5.75 Å². The van der Waals surface area contributed by atoms with E-state index in [2.05, 4.69) is 25.2 Å². The molecule has 0 aromatic heterocycles. The molecule has 2 amide bonds. The van der Waals surface area contributed by atoms with Crippen LogP contribution in [0.2, 0.25) is 0 Å². The van der Waals surface area contributed by atoms with Gasteiger partial charge in [-0.15, -0.1) is 0 Å². The van der Waals surface area contributed by atoms with Crippen LogP contribution in [0.3, 0.4) is 0 Å². The molecule has 1 N–H and O–H groups in total. The smallest absolute Gasteiger partial charge is 0.261 e. The average molecular weight is 487 g/mol. The minimum absolute atomic E-state index is 0.141. The molecule has 0 aliphatic rings. The van der Waals surface area contributed by atoms with Crippen molar-refractivity contribution in [3.8, 4) is 5.75 Å². The molecule has 0 saturated carbocycles. The van der Waals surface area contributed by atoms with Crippen molar-refractivity contribution in [1.82, 2.24) is 10.2 Å². The quantitative estimate of drug-likeness (QED) is 0.395. The van der Waals surface area contributed by atoms with Crippen molar-refractivity contribution in [3.63, 3.8) is 0 Å². The number of benzene rings is 3. The number of hydrogen-bond donors (Lipinski definition) is 1. The van der Waals surface area contributed by atoms with Crippen LogP contribution in [0.4, 0.5) is 0 Å². The Hall–Kier alpha value is -3.60. The molecule has 190 valence electrons. The second-order valence-corrected chi connectivity index (χ2v) is 9.96. The van der Waals surface area contributed by atoms with Gasteiger partial charge in [-0.05, 0) is 61.1 Å². The zero-order chi connectivity index (χ0) is 26.1. The van der Waals surface area contributed by atoms with Gasteiger partial charge in [0.15, 0.2) is 6.61 Å². The zero-order valence-electron chi connectivity index (χ0n) is 22.1. The largest absolute Gasteiger partial charge is 0.484 e. The van der Waals surface area contributed by atoms with Crippen molar-refractivity contribution in [1.29, 1.82) is 0 Å². The van der Waals surface area contributed by atoms with Gasteiger partial charge in [0.2, 0.25) is 5.91 Å². The maximum Gasteiger partial charge on any atom is 0.261 e. The second kappa shape index (κ2) is 12.9. The minimum atomic E-state index is -0.664. The summed E-state index contributed by atoms with van der Waals surface area (Å²) in [4.78, 5) is 28.8. The van der Waals surface area contributed by atoms with Crippen LogP contribution in [0, 0.1) is 26.7 Å². The first-order valence-electron chi connectivity index (χ1n) is 12.6. The van der Waals surface area contributed by atoms with Crippen LogP contribution in [-0.4, -0.2) is 35.9 Å². The van der Waals surface area contributed by atoms with Crippen LogP contribution in [-0.2, 0) is 22.6 Å². The average Bonchev–Trinajstić information content (AvgIpc) is 2.84. The Kier molecular flexibility index (Phi) is 9.69. The van der Waals surface area contributed by atoms with E-state index < -0.39 is 6.04 Å². The molecule has 0 radical (unpaired) electrons. The number of amides is 2. The van der Waals surface area contributed by atoms with E-state index in [-0.39, 0.29) is 18.4 Å². The summed E-state index contributed by atoms with van der Waals surface area (Å²) in [5.74, 6) is 0.579. The molecule has 5 nitrogen and oxygen atoms in total. The lowest BCUT2D eigenvalue weighted by molar-refractivity contribution is -0.142. The summed E-state index contributed by atoms with van der Waals surface area (Å²) in [6.07, 6.45) is 0.423. The Bertz CT molecular complexity index is 1120. The lowest BCUT2D eigenvalue weighted by Gasteiger charge is -2.31. The van der Waals surface area contributed by atoms with Gasteiger partial charge < -0.3 is 15.0 Å². The lowest BCUT2D eigenvalue weighted by atomic mass is 10.0. The minimum Gasteiger partial charge on any atom is -0.484 e. The molecule has 0 heterocycles. The summed E-state index contributed by atoms with van der Waals surface area (Å²) in [5.41, 5.74) is 5.26. The Morgan fingerprint density at radius 3 is 2.08 bits per heavy atom. The van der Waals surface area contributed by atoms with Gasteiger partial charge in [0.1, 0.15) is 11.8 Å². The summed E-state index contributed by atoms with van der Waals surface area (Å²) in [6, 6.07) is 23.1. The van der Waals surface area contributed by atoms with Gasteiger partial charge in [-0.2, -0.15) is 0 Å². The van der Waals surface area contributed by atoms with Crippen LogP contribution >= 0.6 is 0 Å². The third kappa shape index (κ3) is 8.26. The van der Waals surface area contributed by atoms with Gasteiger partial charge in [-0.25, -0.2) is 0 Å². The summed E-state index contributed by atoms with van der Waals surface area (Å²) >= 11 is 0. The van der Waals surface area contributed by atoms with Crippen molar-refractivity contribution in [2.45, 2.75) is 53.6 Å². The number of nitrogens with zero attached hydrogens (tertiary/aromatic N) is 1. The fourth-order valence-corrected chi connectivity index (χ4v) is 4.11. The van der Waals surface area contributed by atoms with Crippen LogP contribution in [0.15, 0.2) is 72.8 Å². The van der Waals surface area contributed by atoms with E-state index in [9.17, 15) is 9.59 Å². The van der Waals surface area contributed by atoms with E-state index in [1.54, 1.807) is 4.90 Å². The number of hydrogen-bond acceptors (Lipinski definition) is 3. The second-order valence-electron chi connectivity index (χ2n) is 9.96. The SMILES string of the molecule is Cc1ccc(CN(C(=O)COc2cc(C)cc(C)c2)[C@@H](Cc2ccccc2)C(=O)NCC(C)C)cc1. The number of carbonyl (C=O) groups excluding carboxylic acids is 2. The normalized spacial score (nSPS) is 11.7. The lowest BCUT2D eigenvalue weighted by Crippen LogP contribution is -2.52. The fraction of sp³-hybridized carbons (Fsp3) is 0.355. The predicted octanol–water partition coefficient (Wildman–Crippen LogP) is 5.40. The maximum absolute atomic E-state index is 13.7. The number of carbonyl (C=O) groups is 2. The number of rotatable bonds is 11. The molecule has 3 aromatic rings. The molecule has 1 atom stereocenters. The molecule has 0 bridgehead atoms. The molecule has 5 heteroatoms. The Morgan fingerprint density at radius 1 is 0.833 bits per heavy atom. The van der Waals surface area contributed by atoms with E-state index >= 15 is 0 Å². The van der Waals surface area contributed by atoms with Crippen LogP contribution in [0.25, 0.3) is 0 Å². The molecule has 0 aliphatic heterocycles. The molecular weight excluding hydrogens is 448 g/mol. The van der Waals surface area contributed by atoms with Crippen molar-refractivity contribution in [2.75, 3.05) is 13.2 Å². The van der Waals surface area contributed by atoms with E-state index in [1.165, 1.54) is 0 Å². The van der Waals surface area contributed by atoms with Crippen LogP contribution in [0.1, 0.15) is 41.7 Å².